The van der Waals surface area contributed by atoms with Gasteiger partial charge < -0.3 is 19.4 Å². The molecule has 7 heteroatoms. The first-order chi connectivity index (χ1) is 19.1. The van der Waals surface area contributed by atoms with Gasteiger partial charge in [-0.25, -0.2) is 4.39 Å². The van der Waals surface area contributed by atoms with Gasteiger partial charge in [-0.3, -0.25) is 9.59 Å². The third-order valence-corrected chi connectivity index (χ3v) is 6.99. The summed E-state index contributed by atoms with van der Waals surface area (Å²) in [6.45, 7) is 8.33. The molecule has 206 valence electrons. The molecule has 0 fully saturated rings. The molecule has 2 amide bonds. The second kappa shape index (κ2) is 11.0. The molecule has 0 radical (unpaired) electrons. The number of aryl methyl sites for hydroxylation is 1. The Labute approximate surface area is 233 Å². The monoisotopic (exact) mass is 540 g/mol. The van der Waals surface area contributed by atoms with Crippen molar-refractivity contribution in [3.63, 3.8) is 0 Å². The lowest BCUT2D eigenvalue weighted by Gasteiger charge is -2.41. The van der Waals surface area contributed by atoms with Crippen molar-refractivity contribution in [2.75, 3.05) is 11.9 Å². The Balaban J connectivity index is 1.35. The summed E-state index contributed by atoms with van der Waals surface area (Å²) in [5, 5.41) is 2.82. The SMILES string of the molecule is Cc1ccc(NC(=O)c2ccc(COc3ccc4c(c3)C(c3cccc(F)c3)N(C(=O)C(C)(C)C)CC4)o2)cc1. The largest absolute Gasteiger partial charge is 0.486 e. The van der Waals surface area contributed by atoms with E-state index in [-0.39, 0.29) is 30.0 Å². The van der Waals surface area contributed by atoms with Crippen LogP contribution in [0, 0.1) is 18.2 Å². The lowest BCUT2D eigenvalue weighted by atomic mass is 9.85. The van der Waals surface area contributed by atoms with Gasteiger partial charge >= 0.3 is 0 Å². The maximum Gasteiger partial charge on any atom is 0.291 e. The van der Waals surface area contributed by atoms with E-state index in [9.17, 15) is 14.0 Å². The Morgan fingerprint density at radius 3 is 2.52 bits per heavy atom. The fourth-order valence-electron chi connectivity index (χ4n) is 4.93. The predicted octanol–water partition coefficient (Wildman–Crippen LogP) is 7.08. The first-order valence-electron chi connectivity index (χ1n) is 13.4. The van der Waals surface area contributed by atoms with Crippen molar-refractivity contribution in [3.8, 4) is 5.75 Å². The number of anilines is 1. The second-order valence-electron chi connectivity index (χ2n) is 11.2. The molecule has 5 rings (SSSR count). The quantitative estimate of drug-likeness (QED) is 0.284. The Morgan fingerprint density at radius 1 is 1.02 bits per heavy atom. The van der Waals surface area contributed by atoms with Crippen LogP contribution in [0.3, 0.4) is 0 Å². The van der Waals surface area contributed by atoms with Crippen LogP contribution >= 0.6 is 0 Å². The minimum Gasteiger partial charge on any atom is -0.486 e. The minimum absolute atomic E-state index is 0.00533. The summed E-state index contributed by atoms with van der Waals surface area (Å²) >= 11 is 0. The van der Waals surface area contributed by atoms with Crippen molar-refractivity contribution < 1.29 is 23.1 Å². The summed E-state index contributed by atoms with van der Waals surface area (Å²) < 4.78 is 26.1. The number of furan rings is 1. The first kappa shape index (κ1) is 27.2. The van der Waals surface area contributed by atoms with Crippen molar-refractivity contribution in [2.45, 2.75) is 46.8 Å². The molecule has 6 nitrogen and oxygen atoms in total. The number of nitrogens with one attached hydrogen (secondary N) is 1. The van der Waals surface area contributed by atoms with Crippen molar-refractivity contribution in [1.29, 1.82) is 0 Å². The second-order valence-corrected chi connectivity index (χ2v) is 11.2. The van der Waals surface area contributed by atoms with Crippen molar-refractivity contribution in [2.24, 2.45) is 5.41 Å². The molecule has 3 aromatic carbocycles. The summed E-state index contributed by atoms with van der Waals surface area (Å²) in [4.78, 5) is 27.9. The number of halogens is 1. The third-order valence-electron chi connectivity index (χ3n) is 6.99. The molecule has 0 aliphatic carbocycles. The highest BCUT2D eigenvalue weighted by Gasteiger charge is 2.37. The first-order valence-corrected chi connectivity index (χ1v) is 13.4. The summed E-state index contributed by atoms with van der Waals surface area (Å²) in [5.74, 6) is 0.591. The average Bonchev–Trinajstić information content (AvgIpc) is 3.41. The molecule has 0 bridgehead atoms. The molecule has 1 N–H and O–H groups in total. The Hall–Kier alpha value is -4.39. The van der Waals surface area contributed by atoms with Crippen LogP contribution in [0.15, 0.2) is 83.3 Å². The topological polar surface area (TPSA) is 71.8 Å². The fraction of sp³-hybridized carbons (Fsp3) is 0.273. The van der Waals surface area contributed by atoms with Gasteiger partial charge in [0.1, 0.15) is 23.9 Å². The summed E-state index contributed by atoms with van der Waals surface area (Å²) in [6.07, 6.45) is 0.695. The van der Waals surface area contributed by atoms with Gasteiger partial charge in [-0.2, -0.15) is 0 Å². The van der Waals surface area contributed by atoms with E-state index in [2.05, 4.69) is 5.32 Å². The zero-order valence-electron chi connectivity index (χ0n) is 23.2. The van der Waals surface area contributed by atoms with E-state index in [1.807, 2.05) is 81.1 Å². The minimum atomic E-state index is -0.583. The van der Waals surface area contributed by atoms with Gasteiger partial charge in [0.05, 0.1) is 6.04 Å². The van der Waals surface area contributed by atoms with Crippen LogP contribution in [0.1, 0.15) is 65.4 Å². The molecule has 4 aromatic rings. The molecule has 40 heavy (non-hydrogen) atoms. The lowest BCUT2D eigenvalue weighted by Crippen LogP contribution is -2.45. The number of hydrogen-bond acceptors (Lipinski definition) is 4. The highest BCUT2D eigenvalue weighted by Crippen LogP contribution is 2.39. The number of nitrogens with zero attached hydrogens (tertiary/aromatic N) is 1. The highest BCUT2D eigenvalue weighted by molar-refractivity contribution is 6.02. The van der Waals surface area contributed by atoms with Crippen molar-refractivity contribution in [3.05, 3.63) is 118 Å². The maximum absolute atomic E-state index is 14.3. The van der Waals surface area contributed by atoms with Crippen LogP contribution in [-0.2, 0) is 17.8 Å². The summed E-state index contributed by atoms with van der Waals surface area (Å²) in [5.41, 5.74) is 3.92. The number of rotatable bonds is 6. The van der Waals surface area contributed by atoms with Crippen LogP contribution in [0.5, 0.6) is 5.75 Å². The lowest BCUT2D eigenvalue weighted by molar-refractivity contribution is -0.141. The van der Waals surface area contributed by atoms with E-state index in [1.165, 1.54) is 12.1 Å². The van der Waals surface area contributed by atoms with Crippen LogP contribution in [0.25, 0.3) is 0 Å². The normalized spacial score (nSPS) is 14.9. The number of benzene rings is 3. The number of fused-ring (bicyclic) bond motifs is 1. The molecule has 1 aliphatic heterocycles. The van der Waals surface area contributed by atoms with Gasteiger partial charge in [0, 0.05) is 17.6 Å². The smallest absolute Gasteiger partial charge is 0.291 e. The number of carbonyl (C=O) groups excluding carboxylic acids is 2. The molecule has 1 unspecified atom stereocenters. The molecule has 0 saturated carbocycles. The highest BCUT2D eigenvalue weighted by atomic mass is 19.1. The van der Waals surface area contributed by atoms with Gasteiger partial charge in [0.2, 0.25) is 5.91 Å². The van der Waals surface area contributed by atoms with E-state index in [0.717, 1.165) is 16.7 Å². The van der Waals surface area contributed by atoms with E-state index in [0.29, 0.717) is 35.7 Å². The number of ether oxygens (including phenoxy) is 1. The number of hydrogen-bond donors (Lipinski definition) is 1. The Morgan fingerprint density at radius 2 is 1.80 bits per heavy atom. The zero-order valence-corrected chi connectivity index (χ0v) is 23.2. The molecule has 1 aromatic heterocycles. The Kier molecular flexibility index (Phi) is 7.48. The summed E-state index contributed by atoms with van der Waals surface area (Å²) in [7, 11) is 0. The van der Waals surface area contributed by atoms with Gasteiger partial charge in [-0.15, -0.1) is 0 Å². The maximum atomic E-state index is 14.3. The van der Waals surface area contributed by atoms with Gasteiger partial charge in [-0.05, 0) is 78.6 Å². The van der Waals surface area contributed by atoms with Crippen LogP contribution in [-0.4, -0.2) is 23.3 Å². The molecule has 1 aliphatic rings. The third kappa shape index (κ3) is 5.93. The molecular formula is C33H33FN2O4. The van der Waals surface area contributed by atoms with Crippen molar-refractivity contribution >= 4 is 17.5 Å². The molecule has 1 atom stereocenters. The van der Waals surface area contributed by atoms with E-state index >= 15 is 0 Å². The van der Waals surface area contributed by atoms with E-state index < -0.39 is 11.5 Å². The summed E-state index contributed by atoms with van der Waals surface area (Å²) in [6, 6.07) is 22.6. The van der Waals surface area contributed by atoms with E-state index in [1.54, 1.807) is 18.2 Å². The average molecular weight is 541 g/mol. The Bertz CT molecular complexity index is 1530. The molecular weight excluding hydrogens is 507 g/mol. The van der Waals surface area contributed by atoms with Gasteiger partial charge in [-0.1, -0.05) is 56.7 Å². The molecule has 2 heterocycles. The zero-order chi connectivity index (χ0) is 28.4. The van der Waals surface area contributed by atoms with Gasteiger partial charge in [0.15, 0.2) is 5.76 Å². The fourth-order valence-corrected chi connectivity index (χ4v) is 4.93. The molecule has 0 saturated heterocycles. The van der Waals surface area contributed by atoms with E-state index in [4.69, 9.17) is 9.15 Å². The van der Waals surface area contributed by atoms with Crippen molar-refractivity contribution in [1.82, 2.24) is 4.90 Å². The van der Waals surface area contributed by atoms with Crippen LogP contribution in [0.2, 0.25) is 0 Å². The predicted molar refractivity (Wildman–Crippen MR) is 152 cm³/mol. The van der Waals surface area contributed by atoms with Crippen LogP contribution < -0.4 is 10.1 Å². The van der Waals surface area contributed by atoms with Gasteiger partial charge in [0.25, 0.3) is 5.91 Å². The standard InChI is InChI=1S/C33H33FN2O4/c1-21-8-11-25(12-9-21)35-31(37)29-15-14-27(40-29)20-39-26-13-10-22-16-17-36(32(38)33(2,3)4)30(28(22)19-26)23-6-5-7-24(34)18-23/h5-15,18-19,30H,16-17,20H2,1-4H3,(H,35,37). The number of carbonyl (C=O) groups is 2. The number of amides is 2. The van der Waals surface area contributed by atoms with Crippen LogP contribution in [0.4, 0.5) is 10.1 Å². The molecule has 0 spiro atoms.